The fourth-order valence-electron chi connectivity index (χ4n) is 1.24. The van der Waals surface area contributed by atoms with Crippen LogP contribution < -0.4 is 10.0 Å². The second-order valence-corrected chi connectivity index (χ2v) is 5.57. The lowest BCUT2D eigenvalue weighted by Gasteiger charge is -2.08. The zero-order chi connectivity index (χ0) is 12.9. The van der Waals surface area contributed by atoms with Gasteiger partial charge in [0.25, 0.3) is 0 Å². The van der Waals surface area contributed by atoms with E-state index in [1.54, 1.807) is 7.05 Å². The quantitative estimate of drug-likeness (QED) is 0.787. The SMILES string of the molecule is CNCCCNS(=O)(=O)c1ccc(F)cc1Cl.Cl. The minimum Gasteiger partial charge on any atom is -0.320 e. The minimum atomic E-state index is -3.66. The van der Waals surface area contributed by atoms with Gasteiger partial charge in [-0.1, -0.05) is 11.6 Å². The molecule has 1 rings (SSSR count). The van der Waals surface area contributed by atoms with Gasteiger partial charge in [-0.2, -0.15) is 0 Å². The highest BCUT2D eigenvalue weighted by atomic mass is 35.5. The van der Waals surface area contributed by atoms with Gasteiger partial charge < -0.3 is 5.32 Å². The van der Waals surface area contributed by atoms with Crippen molar-refractivity contribution in [3.8, 4) is 0 Å². The van der Waals surface area contributed by atoms with Crippen molar-refractivity contribution >= 4 is 34.0 Å². The Balaban J connectivity index is 0.00000289. The Hall–Kier alpha value is -0.400. The molecule has 0 bridgehead atoms. The first-order chi connectivity index (χ1) is 7.97. The van der Waals surface area contributed by atoms with E-state index < -0.39 is 15.8 Å². The first-order valence-corrected chi connectivity index (χ1v) is 6.93. The van der Waals surface area contributed by atoms with E-state index in [1.807, 2.05) is 0 Å². The first kappa shape index (κ1) is 17.6. The van der Waals surface area contributed by atoms with Crippen LogP contribution in [0.25, 0.3) is 0 Å². The smallest absolute Gasteiger partial charge is 0.242 e. The summed E-state index contributed by atoms with van der Waals surface area (Å²) in [6.45, 7) is 1.01. The molecule has 1 aromatic rings. The summed E-state index contributed by atoms with van der Waals surface area (Å²) in [5, 5.41) is 2.78. The third-order valence-electron chi connectivity index (χ3n) is 2.08. The van der Waals surface area contributed by atoms with Gasteiger partial charge in [-0.05, 0) is 38.2 Å². The maximum Gasteiger partial charge on any atom is 0.242 e. The van der Waals surface area contributed by atoms with Crippen molar-refractivity contribution in [1.29, 1.82) is 0 Å². The average Bonchev–Trinajstić information content (AvgIpc) is 2.24. The highest BCUT2D eigenvalue weighted by Gasteiger charge is 2.17. The Morgan fingerprint density at radius 1 is 1.33 bits per heavy atom. The summed E-state index contributed by atoms with van der Waals surface area (Å²) < 4.78 is 38.8. The molecule has 0 atom stereocenters. The molecule has 8 heteroatoms. The van der Waals surface area contributed by atoms with E-state index >= 15 is 0 Å². The van der Waals surface area contributed by atoms with Crippen LogP contribution in [0.5, 0.6) is 0 Å². The van der Waals surface area contributed by atoms with Crippen LogP contribution in [0, 0.1) is 5.82 Å². The Labute approximate surface area is 117 Å². The minimum absolute atomic E-state index is 0. The highest BCUT2D eigenvalue weighted by molar-refractivity contribution is 7.89. The largest absolute Gasteiger partial charge is 0.320 e. The molecular weight excluding hydrogens is 302 g/mol. The van der Waals surface area contributed by atoms with Crippen LogP contribution in [0.1, 0.15) is 6.42 Å². The summed E-state index contributed by atoms with van der Waals surface area (Å²) in [6.07, 6.45) is 0.661. The summed E-state index contributed by atoms with van der Waals surface area (Å²) in [4.78, 5) is -0.106. The zero-order valence-electron chi connectivity index (χ0n) is 9.74. The summed E-state index contributed by atoms with van der Waals surface area (Å²) >= 11 is 5.68. The predicted octanol–water partition coefficient (Wildman–Crippen LogP) is 1.79. The molecule has 0 spiro atoms. The van der Waals surface area contributed by atoms with Crippen LogP contribution in [-0.2, 0) is 10.0 Å². The Morgan fingerprint density at radius 2 is 2.00 bits per heavy atom. The molecule has 0 aliphatic rings. The van der Waals surface area contributed by atoms with E-state index in [-0.39, 0.29) is 22.3 Å². The van der Waals surface area contributed by atoms with E-state index in [9.17, 15) is 12.8 Å². The highest BCUT2D eigenvalue weighted by Crippen LogP contribution is 2.21. The third kappa shape index (κ3) is 5.07. The number of hydrogen-bond acceptors (Lipinski definition) is 3. The van der Waals surface area contributed by atoms with Crippen LogP contribution in [0.4, 0.5) is 4.39 Å². The fraction of sp³-hybridized carbons (Fsp3) is 0.400. The van der Waals surface area contributed by atoms with Crippen LogP contribution in [0.15, 0.2) is 23.1 Å². The van der Waals surface area contributed by atoms with Gasteiger partial charge in [0.1, 0.15) is 10.7 Å². The Kier molecular flexibility index (Phi) is 7.73. The van der Waals surface area contributed by atoms with Crippen LogP contribution >= 0.6 is 24.0 Å². The zero-order valence-corrected chi connectivity index (χ0v) is 12.1. The maximum atomic E-state index is 12.8. The third-order valence-corrected chi connectivity index (χ3v) is 4.02. The molecule has 0 saturated heterocycles. The summed E-state index contributed by atoms with van der Waals surface area (Å²) in [6, 6.07) is 3.19. The van der Waals surface area contributed by atoms with Crippen LogP contribution in [0.2, 0.25) is 5.02 Å². The van der Waals surface area contributed by atoms with E-state index in [0.717, 1.165) is 18.2 Å². The molecule has 0 heterocycles. The Bertz CT molecular complexity index is 483. The summed E-state index contributed by atoms with van der Waals surface area (Å²) in [7, 11) is -1.88. The number of sulfonamides is 1. The van der Waals surface area contributed by atoms with Gasteiger partial charge in [-0.25, -0.2) is 17.5 Å². The molecule has 18 heavy (non-hydrogen) atoms. The van der Waals surface area contributed by atoms with Gasteiger partial charge in [0.2, 0.25) is 10.0 Å². The lowest BCUT2D eigenvalue weighted by atomic mass is 10.3. The number of nitrogens with one attached hydrogen (secondary N) is 2. The Morgan fingerprint density at radius 3 is 2.56 bits per heavy atom. The number of hydrogen-bond donors (Lipinski definition) is 2. The van der Waals surface area contributed by atoms with Crippen molar-refractivity contribution in [3.05, 3.63) is 29.0 Å². The maximum absolute atomic E-state index is 12.8. The first-order valence-electron chi connectivity index (χ1n) is 5.06. The molecule has 0 aliphatic carbocycles. The molecule has 0 aromatic heterocycles. The van der Waals surface area contributed by atoms with Gasteiger partial charge >= 0.3 is 0 Å². The van der Waals surface area contributed by atoms with E-state index in [4.69, 9.17) is 11.6 Å². The average molecular weight is 317 g/mol. The molecular formula is C10H15Cl2FN2O2S. The number of benzene rings is 1. The van der Waals surface area contributed by atoms with Crippen molar-refractivity contribution in [2.45, 2.75) is 11.3 Å². The van der Waals surface area contributed by atoms with Gasteiger partial charge in [0, 0.05) is 6.54 Å². The van der Waals surface area contributed by atoms with Crippen LogP contribution in [0.3, 0.4) is 0 Å². The lowest BCUT2D eigenvalue weighted by molar-refractivity contribution is 0.576. The molecule has 4 nitrogen and oxygen atoms in total. The van der Waals surface area contributed by atoms with Gasteiger partial charge in [0.05, 0.1) is 5.02 Å². The van der Waals surface area contributed by atoms with Gasteiger partial charge in [-0.3, -0.25) is 0 Å². The standard InChI is InChI=1S/C10H14ClFN2O2S.ClH/c1-13-5-2-6-14-17(15,16)10-4-3-8(12)7-9(10)11;/h3-4,7,13-14H,2,5-6H2,1H3;1H. The normalized spacial score (nSPS) is 11.1. The predicted molar refractivity (Wildman–Crippen MR) is 72.4 cm³/mol. The van der Waals surface area contributed by atoms with E-state index in [2.05, 4.69) is 10.0 Å². The van der Waals surface area contributed by atoms with Crippen molar-refractivity contribution in [1.82, 2.24) is 10.0 Å². The molecule has 1 aromatic carbocycles. The van der Waals surface area contributed by atoms with E-state index in [1.165, 1.54) is 0 Å². The molecule has 104 valence electrons. The number of rotatable bonds is 6. The van der Waals surface area contributed by atoms with Crippen molar-refractivity contribution in [3.63, 3.8) is 0 Å². The fourth-order valence-corrected chi connectivity index (χ4v) is 2.85. The summed E-state index contributed by atoms with van der Waals surface area (Å²) in [5.41, 5.74) is 0. The molecule has 0 amide bonds. The van der Waals surface area contributed by atoms with Crippen molar-refractivity contribution < 1.29 is 12.8 Å². The lowest BCUT2D eigenvalue weighted by Crippen LogP contribution is -2.27. The van der Waals surface area contributed by atoms with Gasteiger partial charge in [0.15, 0.2) is 0 Å². The van der Waals surface area contributed by atoms with Crippen LogP contribution in [-0.4, -0.2) is 28.6 Å². The molecule has 0 unspecified atom stereocenters. The summed E-state index contributed by atoms with van der Waals surface area (Å²) in [5.74, 6) is -0.566. The molecule has 2 N–H and O–H groups in total. The van der Waals surface area contributed by atoms with Crippen molar-refractivity contribution in [2.24, 2.45) is 0 Å². The second kappa shape index (κ2) is 7.91. The monoisotopic (exact) mass is 316 g/mol. The number of halogens is 3. The second-order valence-electron chi connectivity index (χ2n) is 3.43. The van der Waals surface area contributed by atoms with E-state index in [0.29, 0.717) is 19.5 Å². The molecule has 0 radical (unpaired) electrons. The molecule has 0 fully saturated rings. The van der Waals surface area contributed by atoms with Crippen molar-refractivity contribution in [2.75, 3.05) is 20.1 Å². The molecule has 0 aliphatic heterocycles. The molecule has 0 saturated carbocycles. The van der Waals surface area contributed by atoms with Gasteiger partial charge in [-0.15, -0.1) is 12.4 Å². The topological polar surface area (TPSA) is 58.2 Å².